The van der Waals surface area contributed by atoms with Crippen molar-refractivity contribution in [1.29, 1.82) is 0 Å². The van der Waals surface area contributed by atoms with E-state index < -0.39 is 41.3 Å². The lowest BCUT2D eigenvalue weighted by Crippen LogP contribution is -2.27. The second kappa shape index (κ2) is 11.1. The molecule has 1 amide bonds. The van der Waals surface area contributed by atoms with Crippen molar-refractivity contribution in [2.45, 2.75) is 25.7 Å². The van der Waals surface area contributed by atoms with Gasteiger partial charge in [0.1, 0.15) is 11.6 Å². The first-order valence-electron chi connectivity index (χ1n) is 12.8. The lowest BCUT2D eigenvalue weighted by Gasteiger charge is -2.17. The SMILES string of the molecule is C[C@@H](NC(=O)c1ccc(-c2cc(F)cc(F)c2)c2ccn(Cc3ccc(C(F)(F)F)cc3)c12)c1ccc(C(=O)O)cc1. The predicted octanol–water partition coefficient (Wildman–Crippen LogP) is 7.84. The number of rotatable bonds is 7. The van der Waals surface area contributed by atoms with Gasteiger partial charge in [0.2, 0.25) is 0 Å². The van der Waals surface area contributed by atoms with Crippen LogP contribution in [0, 0.1) is 11.6 Å². The summed E-state index contributed by atoms with van der Waals surface area (Å²) in [6.45, 7) is 1.85. The molecule has 0 aliphatic heterocycles. The first kappa shape index (κ1) is 28.5. The Kier molecular flexibility index (Phi) is 7.55. The van der Waals surface area contributed by atoms with Gasteiger partial charge in [-0.3, -0.25) is 4.79 Å². The van der Waals surface area contributed by atoms with Crippen LogP contribution in [0.4, 0.5) is 22.0 Å². The van der Waals surface area contributed by atoms with Crippen molar-refractivity contribution >= 4 is 22.8 Å². The number of carboxylic acid groups (broad SMARTS) is 1. The van der Waals surface area contributed by atoms with Gasteiger partial charge >= 0.3 is 12.1 Å². The number of alkyl halides is 3. The van der Waals surface area contributed by atoms with E-state index in [4.69, 9.17) is 5.11 Å². The van der Waals surface area contributed by atoms with Crippen molar-refractivity contribution in [3.05, 3.63) is 131 Å². The summed E-state index contributed by atoms with van der Waals surface area (Å²) < 4.78 is 69.0. The normalized spacial score (nSPS) is 12.3. The molecule has 10 heteroatoms. The van der Waals surface area contributed by atoms with Crippen molar-refractivity contribution in [3.63, 3.8) is 0 Å². The molecule has 214 valence electrons. The van der Waals surface area contributed by atoms with Crippen LogP contribution in [0.1, 0.15) is 50.4 Å². The molecule has 0 spiro atoms. The maximum atomic E-state index is 14.1. The number of hydrogen-bond acceptors (Lipinski definition) is 2. The summed E-state index contributed by atoms with van der Waals surface area (Å²) in [6, 6.07) is 18.1. The second-order valence-electron chi connectivity index (χ2n) is 9.84. The zero-order valence-electron chi connectivity index (χ0n) is 22.0. The predicted molar refractivity (Wildman–Crippen MR) is 147 cm³/mol. The van der Waals surface area contributed by atoms with Crippen molar-refractivity contribution < 1.29 is 36.6 Å². The number of nitrogens with one attached hydrogen (secondary N) is 1. The number of carbonyl (C=O) groups excluding carboxylic acids is 1. The van der Waals surface area contributed by atoms with Crippen LogP contribution < -0.4 is 5.32 Å². The average molecular weight is 579 g/mol. The highest BCUT2D eigenvalue weighted by molar-refractivity contribution is 6.10. The van der Waals surface area contributed by atoms with Gasteiger partial charge in [0.15, 0.2) is 0 Å². The fourth-order valence-corrected chi connectivity index (χ4v) is 4.87. The second-order valence-corrected chi connectivity index (χ2v) is 9.84. The molecule has 0 unspecified atom stereocenters. The molecule has 2 N–H and O–H groups in total. The van der Waals surface area contributed by atoms with E-state index in [1.807, 2.05) is 0 Å². The molecule has 1 aromatic heterocycles. The van der Waals surface area contributed by atoms with E-state index in [9.17, 15) is 31.5 Å². The largest absolute Gasteiger partial charge is 0.478 e. The molecule has 0 aliphatic carbocycles. The molecule has 0 saturated heterocycles. The minimum absolute atomic E-state index is 0.101. The molecule has 5 aromatic rings. The third-order valence-corrected chi connectivity index (χ3v) is 6.98. The first-order chi connectivity index (χ1) is 19.9. The summed E-state index contributed by atoms with van der Waals surface area (Å²) in [5.74, 6) is -3.09. The summed E-state index contributed by atoms with van der Waals surface area (Å²) in [5, 5.41) is 12.5. The summed E-state index contributed by atoms with van der Waals surface area (Å²) in [4.78, 5) is 24.7. The Bertz CT molecular complexity index is 1770. The number of carbonyl (C=O) groups is 2. The van der Waals surface area contributed by atoms with Crippen molar-refractivity contribution in [1.82, 2.24) is 9.88 Å². The van der Waals surface area contributed by atoms with Crippen LogP contribution in [0.25, 0.3) is 22.0 Å². The quantitative estimate of drug-likeness (QED) is 0.193. The number of amides is 1. The first-order valence-corrected chi connectivity index (χ1v) is 12.8. The topological polar surface area (TPSA) is 71.3 Å². The molecular weight excluding hydrogens is 555 g/mol. The molecule has 0 fully saturated rings. The van der Waals surface area contributed by atoms with Crippen LogP contribution >= 0.6 is 0 Å². The molecule has 0 aliphatic rings. The van der Waals surface area contributed by atoms with Crippen LogP contribution in [0.15, 0.2) is 91.1 Å². The van der Waals surface area contributed by atoms with Gasteiger partial charge in [0.25, 0.3) is 5.91 Å². The Morgan fingerprint density at radius 2 is 1.52 bits per heavy atom. The Balaban J connectivity index is 1.55. The number of fused-ring (bicyclic) bond motifs is 1. The monoisotopic (exact) mass is 578 g/mol. The van der Waals surface area contributed by atoms with E-state index in [1.165, 1.54) is 42.5 Å². The third kappa shape index (κ3) is 5.88. The van der Waals surface area contributed by atoms with Crippen LogP contribution in [0.2, 0.25) is 0 Å². The van der Waals surface area contributed by atoms with E-state index >= 15 is 0 Å². The van der Waals surface area contributed by atoms with E-state index in [1.54, 1.807) is 42.0 Å². The van der Waals surface area contributed by atoms with E-state index in [-0.39, 0.29) is 23.2 Å². The highest BCUT2D eigenvalue weighted by Crippen LogP contribution is 2.34. The minimum atomic E-state index is -4.48. The molecule has 1 heterocycles. The summed E-state index contributed by atoms with van der Waals surface area (Å²) >= 11 is 0. The molecule has 1 atom stereocenters. The summed E-state index contributed by atoms with van der Waals surface area (Å²) in [7, 11) is 0. The van der Waals surface area contributed by atoms with Gasteiger partial charge in [-0.1, -0.05) is 30.3 Å². The number of carboxylic acids is 1. The third-order valence-electron chi connectivity index (χ3n) is 6.98. The number of nitrogens with zero attached hydrogens (tertiary/aromatic N) is 1. The fraction of sp³-hybridized carbons (Fsp3) is 0.125. The van der Waals surface area contributed by atoms with Gasteiger partial charge in [0, 0.05) is 24.2 Å². The zero-order valence-corrected chi connectivity index (χ0v) is 22.0. The van der Waals surface area contributed by atoms with Gasteiger partial charge in [-0.2, -0.15) is 13.2 Å². The number of halogens is 5. The van der Waals surface area contributed by atoms with Gasteiger partial charge < -0.3 is 15.0 Å². The molecule has 5 rings (SSSR count). The van der Waals surface area contributed by atoms with Crippen LogP contribution in [-0.2, 0) is 12.7 Å². The molecule has 0 bridgehead atoms. The number of aromatic carboxylic acids is 1. The van der Waals surface area contributed by atoms with Crippen molar-refractivity contribution in [2.24, 2.45) is 0 Å². The lowest BCUT2D eigenvalue weighted by molar-refractivity contribution is -0.137. The minimum Gasteiger partial charge on any atom is -0.478 e. The van der Waals surface area contributed by atoms with Gasteiger partial charge in [-0.25, -0.2) is 13.6 Å². The molecular formula is C32H23F5N2O3. The lowest BCUT2D eigenvalue weighted by atomic mass is 9.98. The number of benzene rings is 4. The maximum absolute atomic E-state index is 14.1. The number of hydrogen-bond donors (Lipinski definition) is 2. The average Bonchev–Trinajstić information content (AvgIpc) is 3.35. The van der Waals surface area contributed by atoms with Gasteiger partial charge in [0.05, 0.1) is 28.2 Å². The maximum Gasteiger partial charge on any atom is 0.416 e. The van der Waals surface area contributed by atoms with E-state index in [0.717, 1.165) is 18.2 Å². The van der Waals surface area contributed by atoms with Crippen LogP contribution in [0.5, 0.6) is 0 Å². The highest BCUT2D eigenvalue weighted by atomic mass is 19.4. The summed E-state index contributed by atoms with van der Waals surface area (Å²) in [6.07, 6.45) is -2.82. The smallest absolute Gasteiger partial charge is 0.416 e. The molecule has 42 heavy (non-hydrogen) atoms. The molecule has 5 nitrogen and oxygen atoms in total. The highest BCUT2D eigenvalue weighted by Gasteiger charge is 2.30. The molecule has 4 aromatic carbocycles. The Morgan fingerprint density at radius 3 is 2.12 bits per heavy atom. The number of aromatic nitrogens is 1. The summed E-state index contributed by atoms with van der Waals surface area (Å²) in [5.41, 5.74) is 1.89. The van der Waals surface area contributed by atoms with Crippen LogP contribution in [-0.4, -0.2) is 21.6 Å². The van der Waals surface area contributed by atoms with Gasteiger partial charge in [-0.15, -0.1) is 0 Å². The van der Waals surface area contributed by atoms with Gasteiger partial charge in [-0.05, 0) is 77.7 Å². The van der Waals surface area contributed by atoms with Crippen molar-refractivity contribution in [2.75, 3.05) is 0 Å². The Labute approximate surface area is 236 Å². The Hall–Kier alpha value is -4.99. The standard InChI is InChI=1S/C32H23F5N2O3/c1-18(20-4-6-21(7-5-20)31(41)42)38-30(40)28-11-10-26(22-14-24(33)16-25(34)15-22)27-12-13-39(29(27)28)17-19-2-8-23(9-3-19)32(35,36)37/h2-16,18H,17H2,1H3,(H,38,40)(H,41,42)/t18-/m1/s1. The molecule has 0 saturated carbocycles. The van der Waals surface area contributed by atoms with E-state index in [0.29, 0.717) is 27.6 Å². The molecule has 0 radical (unpaired) electrons. The van der Waals surface area contributed by atoms with Crippen LogP contribution in [0.3, 0.4) is 0 Å². The fourth-order valence-electron chi connectivity index (χ4n) is 4.87. The Morgan fingerprint density at radius 1 is 0.881 bits per heavy atom. The van der Waals surface area contributed by atoms with Crippen molar-refractivity contribution in [3.8, 4) is 11.1 Å². The van der Waals surface area contributed by atoms with E-state index in [2.05, 4.69) is 5.32 Å². The zero-order chi connectivity index (χ0) is 30.2.